The lowest BCUT2D eigenvalue weighted by atomic mass is 10.1. The first kappa shape index (κ1) is 17.5. The molecular formula is C17H21N3O4S. The quantitative estimate of drug-likeness (QED) is 0.830. The number of nitrogens with one attached hydrogen (secondary N) is 1. The van der Waals surface area contributed by atoms with E-state index in [9.17, 15) is 9.59 Å². The fraction of sp³-hybridized carbons (Fsp3) is 0.471. The number of carbonyl (C=O) groups excluding carboxylic acids is 2. The molecular weight excluding hydrogens is 342 g/mol. The molecule has 0 saturated carbocycles. The maximum Gasteiger partial charge on any atom is 0.350 e. The number of esters is 1. The lowest BCUT2D eigenvalue weighted by Gasteiger charge is -2.23. The number of hydrogen-bond donors (Lipinski definition) is 1. The summed E-state index contributed by atoms with van der Waals surface area (Å²) in [6.07, 6.45) is 1.72. The van der Waals surface area contributed by atoms with Gasteiger partial charge >= 0.3 is 12.0 Å². The number of hydrogen-bond acceptors (Lipinski definition) is 6. The Balaban J connectivity index is 1.75. The van der Waals surface area contributed by atoms with Gasteiger partial charge in [0.1, 0.15) is 4.88 Å². The van der Waals surface area contributed by atoms with Gasteiger partial charge in [-0.3, -0.25) is 0 Å². The molecule has 1 N–H and O–H groups in total. The molecule has 3 rings (SSSR count). The van der Waals surface area contributed by atoms with Gasteiger partial charge in [0.05, 0.1) is 24.5 Å². The number of thiophene rings is 1. The topological polar surface area (TPSA) is 84.7 Å². The largest absolute Gasteiger partial charge is 0.465 e. The van der Waals surface area contributed by atoms with Crippen LogP contribution in [0, 0.1) is 0 Å². The predicted octanol–water partition coefficient (Wildman–Crippen LogP) is 4.02. The van der Waals surface area contributed by atoms with Crippen molar-refractivity contribution in [3.63, 3.8) is 0 Å². The highest BCUT2D eigenvalue weighted by atomic mass is 32.1. The van der Waals surface area contributed by atoms with Crippen molar-refractivity contribution in [1.29, 1.82) is 0 Å². The van der Waals surface area contributed by atoms with E-state index >= 15 is 0 Å². The summed E-state index contributed by atoms with van der Waals surface area (Å²) in [5.74, 6) is 0.518. The van der Waals surface area contributed by atoms with Crippen LogP contribution in [-0.4, -0.2) is 35.7 Å². The number of rotatable bonds is 4. The molecule has 0 aliphatic carbocycles. The van der Waals surface area contributed by atoms with Gasteiger partial charge in [-0.05, 0) is 30.2 Å². The van der Waals surface area contributed by atoms with Crippen molar-refractivity contribution in [2.45, 2.75) is 38.6 Å². The van der Waals surface area contributed by atoms with Crippen molar-refractivity contribution >= 4 is 29.0 Å². The summed E-state index contributed by atoms with van der Waals surface area (Å²) in [6.45, 7) is 4.73. The van der Waals surface area contributed by atoms with E-state index in [-0.39, 0.29) is 18.0 Å². The molecule has 0 spiro atoms. The third-order valence-electron chi connectivity index (χ3n) is 4.26. The summed E-state index contributed by atoms with van der Waals surface area (Å²) in [6, 6.07) is 3.23. The van der Waals surface area contributed by atoms with Crippen LogP contribution < -0.4 is 5.32 Å². The van der Waals surface area contributed by atoms with E-state index in [1.165, 1.54) is 18.4 Å². The smallest absolute Gasteiger partial charge is 0.350 e. The van der Waals surface area contributed by atoms with Gasteiger partial charge in [-0.15, -0.1) is 11.3 Å². The first-order chi connectivity index (χ1) is 12.0. The van der Waals surface area contributed by atoms with Crippen molar-refractivity contribution in [2.75, 3.05) is 19.0 Å². The fourth-order valence-corrected chi connectivity index (χ4v) is 3.65. The molecule has 3 heterocycles. The van der Waals surface area contributed by atoms with Crippen molar-refractivity contribution in [3.05, 3.63) is 33.8 Å². The van der Waals surface area contributed by atoms with E-state index in [0.717, 1.165) is 18.5 Å². The zero-order valence-electron chi connectivity index (χ0n) is 14.4. The number of amides is 2. The van der Waals surface area contributed by atoms with Crippen LogP contribution in [0.1, 0.15) is 59.8 Å². The van der Waals surface area contributed by atoms with Gasteiger partial charge in [0.2, 0.25) is 0 Å². The minimum Gasteiger partial charge on any atom is -0.465 e. The third kappa shape index (κ3) is 3.53. The molecule has 1 atom stereocenters. The fourth-order valence-electron chi connectivity index (χ4n) is 2.88. The van der Waals surface area contributed by atoms with E-state index in [0.29, 0.717) is 22.9 Å². The van der Waals surface area contributed by atoms with Crippen LogP contribution in [0.25, 0.3) is 0 Å². The molecule has 0 bridgehead atoms. The summed E-state index contributed by atoms with van der Waals surface area (Å²) >= 11 is 1.23. The molecule has 2 aromatic heterocycles. The Hall–Kier alpha value is -2.35. The van der Waals surface area contributed by atoms with E-state index in [1.807, 2.05) is 19.9 Å². The average molecular weight is 363 g/mol. The lowest BCUT2D eigenvalue weighted by molar-refractivity contribution is 0.0607. The molecule has 1 aliphatic heterocycles. The number of carbonyl (C=O) groups is 2. The van der Waals surface area contributed by atoms with Gasteiger partial charge in [-0.25, -0.2) is 9.59 Å². The van der Waals surface area contributed by atoms with Gasteiger partial charge < -0.3 is 19.5 Å². The van der Waals surface area contributed by atoms with Crippen LogP contribution in [0.3, 0.4) is 0 Å². The molecule has 0 radical (unpaired) electrons. The maximum absolute atomic E-state index is 12.7. The molecule has 1 fully saturated rings. The Morgan fingerprint density at radius 1 is 1.48 bits per heavy atom. The number of aromatic nitrogens is 1. The Morgan fingerprint density at radius 2 is 2.28 bits per heavy atom. The SMILES string of the molecule is COC(=O)c1sccc1NC(=O)N1CCCC1c1cc(C(C)C)no1. The molecule has 8 heteroatoms. The first-order valence-corrected chi connectivity index (χ1v) is 9.09. The number of urea groups is 1. The second kappa shape index (κ2) is 7.26. The minimum absolute atomic E-state index is 0.139. The normalized spacial score (nSPS) is 17.1. The highest BCUT2D eigenvalue weighted by Crippen LogP contribution is 2.34. The van der Waals surface area contributed by atoms with Crippen molar-refractivity contribution < 1.29 is 18.8 Å². The minimum atomic E-state index is -0.458. The lowest BCUT2D eigenvalue weighted by Crippen LogP contribution is -2.34. The van der Waals surface area contributed by atoms with Crippen LogP contribution in [0.15, 0.2) is 22.0 Å². The summed E-state index contributed by atoms with van der Waals surface area (Å²) in [4.78, 5) is 26.6. The molecule has 1 saturated heterocycles. The average Bonchev–Trinajstić information content (AvgIpc) is 3.32. The molecule has 134 valence electrons. The molecule has 25 heavy (non-hydrogen) atoms. The summed E-state index contributed by atoms with van der Waals surface area (Å²) in [7, 11) is 1.32. The highest BCUT2D eigenvalue weighted by molar-refractivity contribution is 7.12. The Morgan fingerprint density at radius 3 is 2.96 bits per heavy atom. The number of nitrogens with zero attached hydrogens (tertiary/aromatic N) is 2. The highest BCUT2D eigenvalue weighted by Gasteiger charge is 2.33. The number of ether oxygens (including phenoxy) is 1. The number of anilines is 1. The van der Waals surface area contributed by atoms with Gasteiger partial charge in [-0.1, -0.05) is 19.0 Å². The second-order valence-electron chi connectivity index (χ2n) is 6.25. The van der Waals surface area contributed by atoms with Crippen molar-refractivity contribution in [2.24, 2.45) is 0 Å². The standard InChI is InChI=1S/C17H21N3O4S/c1-10(2)12-9-14(24-19-12)13-5-4-7-20(13)17(22)18-11-6-8-25-15(11)16(21)23-3/h6,8-10,13H,4-5,7H2,1-3H3,(H,18,22). The molecule has 0 aromatic carbocycles. The summed E-state index contributed by atoms with van der Waals surface area (Å²) < 4.78 is 10.2. The van der Waals surface area contributed by atoms with E-state index in [1.54, 1.807) is 16.3 Å². The molecule has 2 aromatic rings. The van der Waals surface area contributed by atoms with Crippen molar-refractivity contribution in [3.8, 4) is 0 Å². The number of methoxy groups -OCH3 is 1. The molecule has 1 aliphatic rings. The second-order valence-corrected chi connectivity index (χ2v) is 7.16. The summed E-state index contributed by atoms with van der Waals surface area (Å²) in [5.41, 5.74) is 1.35. The maximum atomic E-state index is 12.7. The van der Waals surface area contributed by atoms with Crippen LogP contribution in [-0.2, 0) is 4.74 Å². The van der Waals surface area contributed by atoms with Crippen LogP contribution in [0.2, 0.25) is 0 Å². The Labute approximate surface area is 149 Å². The molecule has 7 nitrogen and oxygen atoms in total. The van der Waals surface area contributed by atoms with E-state index in [2.05, 4.69) is 10.5 Å². The zero-order valence-corrected chi connectivity index (χ0v) is 15.3. The first-order valence-electron chi connectivity index (χ1n) is 8.21. The third-order valence-corrected chi connectivity index (χ3v) is 5.15. The summed E-state index contributed by atoms with van der Waals surface area (Å²) in [5, 5.41) is 8.64. The molecule has 2 amide bonds. The van der Waals surface area contributed by atoms with Crippen LogP contribution >= 0.6 is 11.3 Å². The van der Waals surface area contributed by atoms with Gasteiger partial charge in [0.25, 0.3) is 0 Å². The van der Waals surface area contributed by atoms with Crippen LogP contribution in [0.5, 0.6) is 0 Å². The van der Waals surface area contributed by atoms with E-state index < -0.39 is 5.97 Å². The monoisotopic (exact) mass is 363 g/mol. The van der Waals surface area contributed by atoms with Crippen molar-refractivity contribution in [1.82, 2.24) is 10.1 Å². The Kier molecular flexibility index (Phi) is 5.08. The molecule has 1 unspecified atom stereocenters. The van der Waals surface area contributed by atoms with Gasteiger partial charge in [0.15, 0.2) is 5.76 Å². The van der Waals surface area contributed by atoms with Crippen LogP contribution in [0.4, 0.5) is 10.5 Å². The predicted molar refractivity (Wildman–Crippen MR) is 94.0 cm³/mol. The zero-order chi connectivity index (χ0) is 18.0. The Bertz CT molecular complexity index is 768. The van der Waals surface area contributed by atoms with Gasteiger partial charge in [-0.2, -0.15) is 0 Å². The van der Waals surface area contributed by atoms with E-state index in [4.69, 9.17) is 9.26 Å². The number of likely N-dealkylation sites (tertiary alicyclic amines) is 1. The van der Waals surface area contributed by atoms with Gasteiger partial charge in [0, 0.05) is 12.6 Å².